The van der Waals surface area contributed by atoms with Gasteiger partial charge >= 0.3 is 6.18 Å². The van der Waals surface area contributed by atoms with E-state index in [9.17, 15) is 22.8 Å². The first-order valence-corrected chi connectivity index (χ1v) is 11.2. The van der Waals surface area contributed by atoms with Gasteiger partial charge in [0.2, 0.25) is 5.91 Å². The number of nitrogens with one attached hydrogen (secondary N) is 3. The Kier molecular flexibility index (Phi) is 5.79. The fourth-order valence-electron chi connectivity index (χ4n) is 4.17. The van der Waals surface area contributed by atoms with Crippen LogP contribution in [0.1, 0.15) is 33.0 Å². The molecule has 0 bridgehead atoms. The summed E-state index contributed by atoms with van der Waals surface area (Å²) >= 11 is 0. The minimum Gasteiger partial charge on any atom is -0.366 e. The van der Waals surface area contributed by atoms with Crippen LogP contribution < -0.4 is 16.4 Å². The fraction of sp³-hybridized carbons (Fsp3) is 0.0741. The molecule has 0 radical (unpaired) electrons. The van der Waals surface area contributed by atoms with Crippen LogP contribution in [0.5, 0.6) is 0 Å². The zero-order chi connectivity index (χ0) is 26.3. The largest absolute Gasteiger partial charge is 0.416 e. The standard InChI is InChI=1S/C27H20F3N5O2/c1-14-13-32-24(33-14)12-22-20-8-6-18(11-23(20)35-26(22)37)34-17-4-2-3-15(9-17)19-7-5-16(27(28,29)30)10-21(19)25(31)36/h2-13,34H,1H3,(H2,31,36)(H,32,33)(H,35,37)/b22-12-. The Morgan fingerprint density at radius 1 is 1.03 bits per heavy atom. The van der Waals surface area contributed by atoms with Crippen LogP contribution in [0.15, 0.2) is 66.9 Å². The highest BCUT2D eigenvalue weighted by atomic mass is 19.4. The van der Waals surface area contributed by atoms with Gasteiger partial charge in [-0.3, -0.25) is 9.59 Å². The number of aromatic amines is 1. The molecule has 0 aliphatic carbocycles. The van der Waals surface area contributed by atoms with Crippen LogP contribution in [0.2, 0.25) is 0 Å². The number of benzene rings is 3. The topological polar surface area (TPSA) is 113 Å². The van der Waals surface area contributed by atoms with E-state index in [1.807, 2.05) is 13.0 Å². The van der Waals surface area contributed by atoms with E-state index in [2.05, 4.69) is 20.6 Å². The average Bonchev–Trinajstić information content (AvgIpc) is 3.40. The molecular weight excluding hydrogens is 483 g/mol. The first-order valence-electron chi connectivity index (χ1n) is 11.2. The van der Waals surface area contributed by atoms with Crippen LogP contribution in [0.3, 0.4) is 0 Å². The van der Waals surface area contributed by atoms with E-state index in [0.717, 1.165) is 23.4 Å². The predicted octanol–water partition coefficient (Wildman–Crippen LogP) is 5.74. The maximum atomic E-state index is 13.1. The fourth-order valence-corrected chi connectivity index (χ4v) is 4.17. The number of amides is 2. The summed E-state index contributed by atoms with van der Waals surface area (Å²) in [4.78, 5) is 31.8. The predicted molar refractivity (Wildman–Crippen MR) is 135 cm³/mol. The van der Waals surface area contributed by atoms with E-state index in [4.69, 9.17) is 5.73 Å². The van der Waals surface area contributed by atoms with E-state index in [1.165, 1.54) is 6.07 Å². The van der Waals surface area contributed by atoms with Crippen molar-refractivity contribution in [1.29, 1.82) is 0 Å². The Labute approximate surface area is 209 Å². The molecule has 1 aromatic heterocycles. The van der Waals surface area contributed by atoms with E-state index in [0.29, 0.717) is 34.0 Å². The normalized spacial score (nSPS) is 13.9. The summed E-state index contributed by atoms with van der Waals surface area (Å²) in [5.41, 5.74) is 9.03. The van der Waals surface area contributed by atoms with Gasteiger partial charge in [0.15, 0.2) is 0 Å². The van der Waals surface area contributed by atoms with Crippen molar-refractivity contribution in [3.05, 3.63) is 95.1 Å². The Morgan fingerprint density at radius 3 is 2.49 bits per heavy atom. The summed E-state index contributed by atoms with van der Waals surface area (Å²) < 4.78 is 39.4. The molecule has 2 heterocycles. The van der Waals surface area contributed by atoms with Gasteiger partial charge in [0.1, 0.15) is 5.82 Å². The maximum absolute atomic E-state index is 13.1. The van der Waals surface area contributed by atoms with Crippen molar-refractivity contribution in [3.63, 3.8) is 0 Å². The van der Waals surface area contributed by atoms with Gasteiger partial charge in [0, 0.05) is 34.4 Å². The SMILES string of the molecule is Cc1cnc(/C=C2\C(=O)Nc3cc(Nc4cccc(-c5ccc(C(F)(F)F)cc5C(N)=O)c4)ccc32)[nH]1. The van der Waals surface area contributed by atoms with Crippen molar-refractivity contribution in [1.82, 2.24) is 9.97 Å². The minimum absolute atomic E-state index is 0.224. The number of nitrogens with zero attached hydrogens (tertiary/aromatic N) is 1. The molecule has 0 saturated carbocycles. The second-order valence-electron chi connectivity index (χ2n) is 8.55. The second-order valence-corrected chi connectivity index (χ2v) is 8.55. The van der Waals surface area contributed by atoms with Crippen molar-refractivity contribution >= 4 is 40.5 Å². The molecule has 0 atom stereocenters. The molecule has 0 saturated heterocycles. The number of aromatic nitrogens is 2. The smallest absolute Gasteiger partial charge is 0.366 e. The van der Waals surface area contributed by atoms with E-state index < -0.39 is 17.6 Å². The average molecular weight is 503 g/mol. The number of nitrogens with two attached hydrogens (primary N) is 1. The summed E-state index contributed by atoms with van der Waals surface area (Å²) in [5.74, 6) is -0.625. The van der Waals surface area contributed by atoms with Crippen LogP contribution in [-0.2, 0) is 11.0 Å². The number of primary amides is 1. The highest BCUT2D eigenvalue weighted by Crippen LogP contribution is 2.37. The molecular formula is C27H20F3N5O2. The van der Waals surface area contributed by atoms with Gasteiger partial charge in [0.05, 0.1) is 16.8 Å². The van der Waals surface area contributed by atoms with Crippen LogP contribution in [0, 0.1) is 6.92 Å². The lowest BCUT2D eigenvalue weighted by Gasteiger charge is -2.14. The lowest BCUT2D eigenvalue weighted by atomic mass is 9.96. The van der Waals surface area contributed by atoms with Gasteiger partial charge in [-0.15, -0.1) is 0 Å². The lowest BCUT2D eigenvalue weighted by Crippen LogP contribution is -2.15. The maximum Gasteiger partial charge on any atom is 0.416 e. The number of imidazole rings is 1. The quantitative estimate of drug-likeness (QED) is 0.260. The van der Waals surface area contributed by atoms with Gasteiger partial charge in [-0.2, -0.15) is 13.2 Å². The molecule has 2 amide bonds. The molecule has 1 aliphatic heterocycles. The van der Waals surface area contributed by atoms with E-state index in [-0.39, 0.29) is 17.0 Å². The highest BCUT2D eigenvalue weighted by molar-refractivity contribution is 6.34. The van der Waals surface area contributed by atoms with Gasteiger partial charge in [-0.05, 0) is 60.5 Å². The van der Waals surface area contributed by atoms with Crippen LogP contribution in [0.25, 0.3) is 22.8 Å². The molecule has 186 valence electrons. The number of hydrogen-bond donors (Lipinski definition) is 4. The van der Waals surface area contributed by atoms with Gasteiger partial charge in [-0.25, -0.2) is 4.98 Å². The molecule has 5 N–H and O–H groups in total. The van der Waals surface area contributed by atoms with Crippen LogP contribution >= 0.6 is 0 Å². The van der Waals surface area contributed by atoms with Gasteiger partial charge in [-0.1, -0.05) is 24.3 Å². The van der Waals surface area contributed by atoms with Crippen molar-refractivity contribution in [2.45, 2.75) is 13.1 Å². The third kappa shape index (κ3) is 4.81. The molecule has 10 heteroatoms. The lowest BCUT2D eigenvalue weighted by molar-refractivity contribution is -0.137. The monoisotopic (exact) mass is 503 g/mol. The zero-order valence-electron chi connectivity index (χ0n) is 19.4. The Morgan fingerprint density at radius 2 is 1.78 bits per heavy atom. The molecule has 0 spiro atoms. The van der Waals surface area contributed by atoms with Gasteiger partial charge in [0.25, 0.3) is 5.91 Å². The highest BCUT2D eigenvalue weighted by Gasteiger charge is 2.31. The number of H-pyrrole nitrogens is 1. The van der Waals surface area contributed by atoms with Crippen LogP contribution in [0.4, 0.5) is 30.2 Å². The van der Waals surface area contributed by atoms with Crippen LogP contribution in [-0.4, -0.2) is 21.8 Å². The number of aryl methyl sites for hydroxylation is 1. The Bertz CT molecular complexity index is 1590. The molecule has 4 aromatic rings. The number of fused-ring (bicyclic) bond motifs is 1. The number of carbonyl (C=O) groups excluding carboxylic acids is 2. The third-order valence-electron chi connectivity index (χ3n) is 5.88. The van der Waals surface area contributed by atoms with Crippen molar-refractivity contribution in [2.75, 3.05) is 10.6 Å². The van der Waals surface area contributed by atoms with Crippen molar-refractivity contribution < 1.29 is 22.8 Å². The first-order chi connectivity index (χ1) is 17.6. The summed E-state index contributed by atoms with van der Waals surface area (Å²) in [6.45, 7) is 1.87. The van der Waals surface area contributed by atoms with Crippen molar-refractivity contribution in [2.24, 2.45) is 5.73 Å². The first kappa shape index (κ1) is 23.9. The Balaban J connectivity index is 1.43. The number of anilines is 3. The summed E-state index contributed by atoms with van der Waals surface area (Å²) in [5, 5.41) is 6.07. The molecule has 7 nitrogen and oxygen atoms in total. The number of halogens is 3. The number of alkyl halides is 3. The molecule has 5 rings (SSSR count). The Hall–Kier alpha value is -4.86. The molecule has 37 heavy (non-hydrogen) atoms. The summed E-state index contributed by atoms with van der Waals surface area (Å²) in [7, 11) is 0. The molecule has 1 aliphatic rings. The second kappa shape index (κ2) is 8.98. The number of rotatable bonds is 5. The van der Waals surface area contributed by atoms with Gasteiger partial charge < -0.3 is 21.4 Å². The van der Waals surface area contributed by atoms with E-state index in [1.54, 1.807) is 48.7 Å². The molecule has 0 unspecified atom stereocenters. The zero-order valence-corrected chi connectivity index (χ0v) is 19.4. The number of hydrogen-bond acceptors (Lipinski definition) is 4. The van der Waals surface area contributed by atoms with E-state index >= 15 is 0 Å². The minimum atomic E-state index is -4.60. The summed E-state index contributed by atoms with van der Waals surface area (Å²) in [6.07, 6.45) is -1.23. The number of carbonyl (C=O) groups is 2. The molecule has 3 aromatic carbocycles. The third-order valence-corrected chi connectivity index (χ3v) is 5.88. The van der Waals surface area contributed by atoms with Crippen molar-refractivity contribution in [3.8, 4) is 11.1 Å². The summed E-state index contributed by atoms with van der Waals surface area (Å²) in [6, 6.07) is 15.2. The molecule has 0 fully saturated rings.